The van der Waals surface area contributed by atoms with Crippen LogP contribution in [0.3, 0.4) is 0 Å². The summed E-state index contributed by atoms with van der Waals surface area (Å²) >= 11 is 0. The number of benzene rings is 2. The molecule has 0 saturated heterocycles. The number of alkyl halides is 2. The van der Waals surface area contributed by atoms with Gasteiger partial charge in [-0.15, -0.1) is 0 Å². The van der Waals surface area contributed by atoms with Crippen LogP contribution in [0, 0.1) is 0 Å². The van der Waals surface area contributed by atoms with Crippen LogP contribution in [-0.4, -0.2) is 25.3 Å². The summed E-state index contributed by atoms with van der Waals surface area (Å²) in [6, 6.07) is 13.2. The van der Waals surface area contributed by atoms with Crippen molar-refractivity contribution in [2.24, 2.45) is 0 Å². The van der Waals surface area contributed by atoms with E-state index >= 15 is 0 Å². The molecule has 132 valence electrons. The first-order chi connectivity index (χ1) is 12.2. The minimum absolute atomic E-state index is 0.0495. The third kappa shape index (κ3) is 4.28. The summed E-state index contributed by atoms with van der Waals surface area (Å²) in [6.45, 7) is -1.54. The molecule has 0 atom stereocenters. The average molecular weight is 346 g/mol. The minimum Gasteiger partial charge on any atom is -0.493 e. The summed E-state index contributed by atoms with van der Waals surface area (Å²) in [5.74, 6) is 0.344. The van der Waals surface area contributed by atoms with Gasteiger partial charge < -0.3 is 19.8 Å². The molecule has 0 radical (unpaired) electrons. The molecule has 2 aromatic carbocycles. The number of ether oxygens (including phenoxy) is 2. The third-order valence-corrected chi connectivity index (χ3v) is 4.02. The number of halogens is 2. The first-order valence-corrected chi connectivity index (χ1v) is 8.05. The maximum absolute atomic E-state index is 12.5. The van der Waals surface area contributed by atoms with E-state index in [0.717, 1.165) is 24.0 Å². The highest BCUT2D eigenvalue weighted by atomic mass is 19.3. The molecule has 1 aromatic heterocycles. The molecule has 0 saturated carbocycles. The normalized spacial score (nSPS) is 11.2. The highest BCUT2D eigenvalue weighted by molar-refractivity contribution is 5.83. The van der Waals surface area contributed by atoms with Gasteiger partial charge in [0.2, 0.25) is 0 Å². The quantitative estimate of drug-likeness (QED) is 0.604. The second-order valence-electron chi connectivity index (χ2n) is 5.65. The number of nitrogens with one attached hydrogen (secondary N) is 2. The maximum Gasteiger partial charge on any atom is 0.387 e. The zero-order chi connectivity index (χ0) is 17.6. The van der Waals surface area contributed by atoms with Gasteiger partial charge in [-0.2, -0.15) is 8.78 Å². The van der Waals surface area contributed by atoms with Crippen molar-refractivity contribution in [3.63, 3.8) is 0 Å². The molecule has 0 aliphatic rings. The van der Waals surface area contributed by atoms with Crippen LogP contribution >= 0.6 is 0 Å². The van der Waals surface area contributed by atoms with Gasteiger partial charge in [-0.3, -0.25) is 0 Å². The molecule has 25 heavy (non-hydrogen) atoms. The van der Waals surface area contributed by atoms with E-state index in [0.29, 0.717) is 12.3 Å². The molecule has 3 rings (SSSR count). The van der Waals surface area contributed by atoms with Gasteiger partial charge >= 0.3 is 6.61 Å². The van der Waals surface area contributed by atoms with E-state index < -0.39 is 6.61 Å². The zero-order valence-corrected chi connectivity index (χ0v) is 13.9. The number of hydrogen-bond donors (Lipinski definition) is 2. The second-order valence-corrected chi connectivity index (χ2v) is 5.65. The topological polar surface area (TPSA) is 46.3 Å². The van der Waals surface area contributed by atoms with Crippen LogP contribution in [-0.2, 0) is 13.0 Å². The largest absolute Gasteiger partial charge is 0.493 e. The lowest BCUT2D eigenvalue weighted by Gasteiger charge is -2.12. The molecule has 0 amide bonds. The van der Waals surface area contributed by atoms with Crippen molar-refractivity contribution in [3.05, 3.63) is 59.8 Å². The monoisotopic (exact) mass is 346 g/mol. The van der Waals surface area contributed by atoms with Gasteiger partial charge in [-0.1, -0.05) is 24.3 Å². The highest BCUT2D eigenvalue weighted by Gasteiger charge is 2.11. The summed E-state index contributed by atoms with van der Waals surface area (Å²) in [5, 5.41) is 4.55. The van der Waals surface area contributed by atoms with Gasteiger partial charge in [-0.05, 0) is 42.3 Å². The Kier molecular flexibility index (Phi) is 5.50. The molecule has 0 bridgehead atoms. The average Bonchev–Trinajstić information content (AvgIpc) is 3.02. The van der Waals surface area contributed by atoms with Gasteiger partial charge in [0.05, 0.1) is 7.11 Å². The van der Waals surface area contributed by atoms with E-state index in [-0.39, 0.29) is 5.75 Å². The first kappa shape index (κ1) is 17.2. The Labute approximate surface area is 144 Å². The van der Waals surface area contributed by atoms with Gasteiger partial charge in [0.15, 0.2) is 11.5 Å². The number of H-pyrrole nitrogens is 1. The van der Waals surface area contributed by atoms with Crippen molar-refractivity contribution in [3.8, 4) is 11.5 Å². The van der Waals surface area contributed by atoms with Crippen LogP contribution < -0.4 is 14.8 Å². The fraction of sp³-hybridized carbons (Fsp3) is 0.263. The number of aromatic amines is 1. The Morgan fingerprint density at radius 2 is 1.96 bits per heavy atom. The van der Waals surface area contributed by atoms with Crippen LogP contribution in [0.2, 0.25) is 0 Å². The number of methoxy groups -OCH3 is 1. The van der Waals surface area contributed by atoms with Gasteiger partial charge in [0, 0.05) is 23.6 Å². The lowest BCUT2D eigenvalue weighted by Crippen LogP contribution is -2.16. The Morgan fingerprint density at radius 3 is 2.76 bits per heavy atom. The summed E-state index contributed by atoms with van der Waals surface area (Å²) in [4.78, 5) is 3.26. The van der Waals surface area contributed by atoms with Crippen LogP contribution in [0.4, 0.5) is 8.78 Å². The van der Waals surface area contributed by atoms with Crippen LogP contribution in [0.5, 0.6) is 11.5 Å². The molecule has 0 unspecified atom stereocenters. The number of fused-ring (bicyclic) bond motifs is 1. The molecular weight excluding hydrogens is 326 g/mol. The number of hydrogen-bond acceptors (Lipinski definition) is 3. The van der Waals surface area contributed by atoms with Crippen LogP contribution in [0.1, 0.15) is 11.1 Å². The molecular formula is C19H20F2N2O2. The van der Waals surface area contributed by atoms with Crippen LogP contribution in [0.15, 0.2) is 48.7 Å². The van der Waals surface area contributed by atoms with Crippen molar-refractivity contribution in [2.45, 2.75) is 19.6 Å². The van der Waals surface area contributed by atoms with E-state index in [9.17, 15) is 8.78 Å². The van der Waals surface area contributed by atoms with Crippen LogP contribution in [0.25, 0.3) is 10.9 Å². The van der Waals surface area contributed by atoms with Gasteiger partial charge in [0.25, 0.3) is 0 Å². The summed E-state index contributed by atoms with van der Waals surface area (Å²) in [7, 11) is 1.42. The van der Waals surface area contributed by atoms with Crippen molar-refractivity contribution in [1.82, 2.24) is 10.3 Å². The molecule has 0 aliphatic carbocycles. The molecule has 1 heterocycles. The molecule has 3 aromatic rings. The van der Waals surface area contributed by atoms with E-state index in [1.165, 1.54) is 18.1 Å². The Balaban J connectivity index is 1.56. The van der Waals surface area contributed by atoms with E-state index in [4.69, 9.17) is 4.74 Å². The number of para-hydroxylation sites is 1. The fourth-order valence-electron chi connectivity index (χ4n) is 2.81. The van der Waals surface area contributed by atoms with Gasteiger partial charge in [0.1, 0.15) is 0 Å². The molecule has 4 nitrogen and oxygen atoms in total. The predicted molar refractivity (Wildman–Crippen MR) is 93.3 cm³/mol. The third-order valence-electron chi connectivity index (χ3n) is 4.02. The van der Waals surface area contributed by atoms with Crippen molar-refractivity contribution >= 4 is 10.9 Å². The summed E-state index contributed by atoms with van der Waals surface area (Å²) in [5.41, 5.74) is 3.23. The molecule has 0 spiro atoms. The van der Waals surface area contributed by atoms with Crippen molar-refractivity contribution in [2.75, 3.05) is 13.7 Å². The molecule has 2 N–H and O–H groups in total. The molecule has 0 fully saturated rings. The zero-order valence-electron chi connectivity index (χ0n) is 13.9. The first-order valence-electron chi connectivity index (χ1n) is 8.05. The van der Waals surface area contributed by atoms with E-state index in [1.807, 2.05) is 30.5 Å². The Bertz CT molecular complexity index is 833. The fourth-order valence-corrected chi connectivity index (χ4v) is 2.81. The summed E-state index contributed by atoms with van der Waals surface area (Å²) < 4.78 is 34.5. The lowest BCUT2D eigenvalue weighted by molar-refractivity contribution is -0.0512. The van der Waals surface area contributed by atoms with Crippen molar-refractivity contribution in [1.29, 1.82) is 0 Å². The minimum atomic E-state index is -2.88. The maximum atomic E-state index is 12.5. The second kappa shape index (κ2) is 7.98. The highest BCUT2D eigenvalue weighted by Crippen LogP contribution is 2.29. The standard InChI is InChI=1S/C19H20F2N2O2/c1-24-17-7-6-13(10-18(17)25-19(20)21)11-22-9-8-14-12-23-16-5-3-2-4-15(14)16/h2-7,10,12,19,22-23H,8-9,11H2,1H3. The SMILES string of the molecule is COc1ccc(CNCCc2c[nH]c3ccccc23)cc1OC(F)F. The molecule has 6 heteroatoms. The predicted octanol–water partition coefficient (Wildman–Crippen LogP) is 4.11. The smallest absolute Gasteiger partial charge is 0.387 e. The summed E-state index contributed by atoms with van der Waals surface area (Å²) in [6.07, 6.45) is 2.90. The van der Waals surface area contributed by atoms with Gasteiger partial charge in [-0.25, -0.2) is 0 Å². The Hall–Kier alpha value is -2.60. The molecule has 0 aliphatic heterocycles. The van der Waals surface area contributed by atoms with E-state index in [1.54, 1.807) is 12.1 Å². The Morgan fingerprint density at radius 1 is 1.12 bits per heavy atom. The van der Waals surface area contributed by atoms with Crippen molar-refractivity contribution < 1.29 is 18.3 Å². The number of rotatable bonds is 8. The number of aromatic nitrogens is 1. The van der Waals surface area contributed by atoms with E-state index in [2.05, 4.69) is 21.1 Å². The lowest BCUT2D eigenvalue weighted by atomic mass is 10.1.